The SMILES string of the molecule is FC1CNCC(F)C1F. The largest absolute Gasteiger partial charge is 0.311 e. The molecule has 4 heteroatoms. The molecule has 0 spiro atoms. The smallest absolute Gasteiger partial charge is 0.165 e. The predicted octanol–water partition coefficient (Wildman–Crippen LogP) is 0.604. The number of alkyl halides is 3. The lowest BCUT2D eigenvalue weighted by Crippen LogP contribution is -2.47. The number of halogens is 3. The first-order valence-electron chi connectivity index (χ1n) is 2.84. The van der Waals surface area contributed by atoms with Crippen LogP contribution in [0, 0.1) is 0 Å². The first-order valence-corrected chi connectivity index (χ1v) is 2.84. The number of rotatable bonds is 0. The van der Waals surface area contributed by atoms with E-state index in [0.29, 0.717) is 0 Å². The molecule has 1 aliphatic rings. The van der Waals surface area contributed by atoms with E-state index in [2.05, 4.69) is 5.32 Å². The average molecular weight is 139 g/mol. The van der Waals surface area contributed by atoms with Gasteiger partial charge in [0.2, 0.25) is 0 Å². The van der Waals surface area contributed by atoms with Crippen LogP contribution in [0.2, 0.25) is 0 Å². The van der Waals surface area contributed by atoms with Crippen LogP contribution >= 0.6 is 0 Å². The Morgan fingerprint density at radius 1 is 1.00 bits per heavy atom. The van der Waals surface area contributed by atoms with Gasteiger partial charge in [0.25, 0.3) is 0 Å². The molecule has 0 aromatic rings. The van der Waals surface area contributed by atoms with Crippen molar-refractivity contribution < 1.29 is 13.2 Å². The minimum absolute atomic E-state index is 0.0679. The monoisotopic (exact) mass is 139 g/mol. The molecule has 1 rings (SSSR count). The van der Waals surface area contributed by atoms with E-state index in [4.69, 9.17) is 0 Å². The minimum Gasteiger partial charge on any atom is -0.311 e. The highest BCUT2D eigenvalue weighted by Gasteiger charge is 2.33. The summed E-state index contributed by atoms with van der Waals surface area (Å²) in [6.45, 7) is -0.136. The summed E-state index contributed by atoms with van der Waals surface area (Å²) < 4.78 is 36.5. The number of nitrogens with one attached hydrogen (secondary N) is 1. The third-order valence-corrected chi connectivity index (χ3v) is 1.37. The Morgan fingerprint density at radius 3 is 1.78 bits per heavy atom. The van der Waals surface area contributed by atoms with Gasteiger partial charge in [0.05, 0.1) is 0 Å². The fraction of sp³-hybridized carbons (Fsp3) is 1.00. The van der Waals surface area contributed by atoms with Gasteiger partial charge in [-0.2, -0.15) is 0 Å². The van der Waals surface area contributed by atoms with Crippen molar-refractivity contribution in [3.63, 3.8) is 0 Å². The third kappa shape index (κ3) is 1.36. The minimum atomic E-state index is -1.92. The average Bonchev–Trinajstić information content (AvgIpc) is 1.83. The molecule has 1 N–H and O–H groups in total. The Labute approximate surface area is 51.2 Å². The molecular formula is C5H8F3N. The summed E-state index contributed by atoms with van der Waals surface area (Å²) in [6, 6.07) is 0. The fourth-order valence-electron chi connectivity index (χ4n) is 0.811. The van der Waals surface area contributed by atoms with Crippen LogP contribution in [0.3, 0.4) is 0 Å². The highest BCUT2D eigenvalue weighted by atomic mass is 19.2. The second kappa shape index (κ2) is 2.56. The Hall–Kier alpha value is -0.250. The molecular weight excluding hydrogens is 131 g/mol. The van der Waals surface area contributed by atoms with Gasteiger partial charge >= 0.3 is 0 Å². The summed E-state index contributed by atoms with van der Waals surface area (Å²) in [5.74, 6) is 0. The van der Waals surface area contributed by atoms with Crippen LogP contribution in [0.1, 0.15) is 0 Å². The molecule has 0 bridgehead atoms. The summed E-state index contributed by atoms with van der Waals surface area (Å²) in [7, 11) is 0. The Balaban J connectivity index is 2.41. The molecule has 1 saturated heterocycles. The number of hydrogen-bond acceptors (Lipinski definition) is 1. The standard InChI is InChI=1S/C5H8F3N/c6-3-1-9-2-4(7)5(3)8/h3-5,9H,1-2H2. The lowest BCUT2D eigenvalue weighted by atomic mass is 10.1. The summed E-state index contributed by atoms with van der Waals surface area (Å²) in [5.41, 5.74) is 0. The van der Waals surface area contributed by atoms with Crippen molar-refractivity contribution in [3.8, 4) is 0 Å². The van der Waals surface area contributed by atoms with E-state index in [1.165, 1.54) is 0 Å². The molecule has 1 nitrogen and oxygen atoms in total. The topological polar surface area (TPSA) is 12.0 Å². The molecule has 1 fully saturated rings. The zero-order chi connectivity index (χ0) is 6.85. The summed E-state index contributed by atoms with van der Waals surface area (Å²) in [4.78, 5) is 0. The van der Waals surface area contributed by atoms with Crippen molar-refractivity contribution in [2.75, 3.05) is 13.1 Å². The van der Waals surface area contributed by atoms with Crippen molar-refractivity contribution in [3.05, 3.63) is 0 Å². The zero-order valence-corrected chi connectivity index (χ0v) is 4.78. The van der Waals surface area contributed by atoms with E-state index >= 15 is 0 Å². The van der Waals surface area contributed by atoms with Gasteiger partial charge in [0, 0.05) is 13.1 Å². The molecule has 0 aromatic carbocycles. The molecule has 54 valence electrons. The van der Waals surface area contributed by atoms with Crippen LogP contribution < -0.4 is 5.32 Å². The molecule has 0 amide bonds. The maximum atomic E-state index is 12.2. The van der Waals surface area contributed by atoms with E-state index < -0.39 is 18.5 Å². The van der Waals surface area contributed by atoms with E-state index in [0.717, 1.165) is 0 Å². The molecule has 2 unspecified atom stereocenters. The zero-order valence-electron chi connectivity index (χ0n) is 4.78. The first kappa shape index (κ1) is 6.86. The molecule has 9 heavy (non-hydrogen) atoms. The molecule has 1 heterocycles. The predicted molar refractivity (Wildman–Crippen MR) is 27.6 cm³/mol. The maximum Gasteiger partial charge on any atom is 0.165 e. The van der Waals surface area contributed by atoms with Crippen molar-refractivity contribution in [1.82, 2.24) is 5.32 Å². The second-order valence-electron chi connectivity index (χ2n) is 2.13. The maximum absolute atomic E-state index is 12.2. The van der Waals surface area contributed by atoms with Crippen LogP contribution in [-0.4, -0.2) is 31.6 Å². The highest BCUT2D eigenvalue weighted by Crippen LogP contribution is 2.14. The van der Waals surface area contributed by atoms with Gasteiger partial charge in [0.1, 0.15) is 12.3 Å². The van der Waals surface area contributed by atoms with Crippen LogP contribution in [0.4, 0.5) is 13.2 Å². The van der Waals surface area contributed by atoms with E-state index in [9.17, 15) is 13.2 Å². The van der Waals surface area contributed by atoms with Crippen molar-refractivity contribution in [1.29, 1.82) is 0 Å². The van der Waals surface area contributed by atoms with Crippen molar-refractivity contribution in [2.24, 2.45) is 0 Å². The van der Waals surface area contributed by atoms with Gasteiger partial charge in [-0.25, -0.2) is 13.2 Å². The first-order chi connectivity index (χ1) is 4.22. The summed E-state index contributed by atoms with van der Waals surface area (Å²) >= 11 is 0. The lowest BCUT2D eigenvalue weighted by Gasteiger charge is -2.23. The summed E-state index contributed by atoms with van der Waals surface area (Å²) in [5, 5.41) is 2.42. The molecule has 0 aliphatic carbocycles. The van der Waals surface area contributed by atoms with Gasteiger partial charge in [-0.1, -0.05) is 0 Å². The summed E-state index contributed by atoms with van der Waals surface area (Å²) in [6.07, 6.45) is -5.27. The molecule has 2 atom stereocenters. The van der Waals surface area contributed by atoms with Crippen LogP contribution in [0.25, 0.3) is 0 Å². The molecule has 0 saturated carbocycles. The van der Waals surface area contributed by atoms with Gasteiger partial charge in [0.15, 0.2) is 6.17 Å². The molecule has 0 aromatic heterocycles. The number of hydrogen-bond donors (Lipinski definition) is 1. The van der Waals surface area contributed by atoms with Gasteiger partial charge < -0.3 is 5.32 Å². The third-order valence-electron chi connectivity index (χ3n) is 1.37. The fourth-order valence-corrected chi connectivity index (χ4v) is 0.811. The lowest BCUT2D eigenvalue weighted by molar-refractivity contribution is 0.0554. The van der Waals surface area contributed by atoms with E-state index in [1.54, 1.807) is 0 Å². The van der Waals surface area contributed by atoms with Gasteiger partial charge in [-0.05, 0) is 0 Å². The quantitative estimate of drug-likeness (QED) is 0.518. The van der Waals surface area contributed by atoms with Crippen LogP contribution in [0.15, 0.2) is 0 Å². The van der Waals surface area contributed by atoms with Crippen molar-refractivity contribution >= 4 is 0 Å². The van der Waals surface area contributed by atoms with Gasteiger partial charge in [-0.3, -0.25) is 0 Å². The Morgan fingerprint density at radius 2 is 1.44 bits per heavy atom. The Bertz CT molecular complexity index is 88.2. The molecule has 1 aliphatic heterocycles. The van der Waals surface area contributed by atoms with Crippen LogP contribution in [0.5, 0.6) is 0 Å². The van der Waals surface area contributed by atoms with Gasteiger partial charge in [-0.15, -0.1) is 0 Å². The van der Waals surface area contributed by atoms with E-state index in [1.807, 2.05) is 0 Å². The second-order valence-corrected chi connectivity index (χ2v) is 2.13. The van der Waals surface area contributed by atoms with Crippen LogP contribution in [-0.2, 0) is 0 Å². The number of piperidine rings is 1. The van der Waals surface area contributed by atoms with Crippen molar-refractivity contribution in [2.45, 2.75) is 18.5 Å². The molecule has 0 radical (unpaired) electrons. The normalized spacial score (nSPS) is 45.0. The van der Waals surface area contributed by atoms with E-state index in [-0.39, 0.29) is 13.1 Å². The Kier molecular flexibility index (Phi) is 1.95. The highest BCUT2D eigenvalue weighted by molar-refractivity contribution is 4.84.